The van der Waals surface area contributed by atoms with Crippen LogP contribution in [0.4, 0.5) is 22.0 Å². The summed E-state index contributed by atoms with van der Waals surface area (Å²) in [6.07, 6.45) is 1.98. The maximum absolute atomic E-state index is 13.6. The first-order valence-corrected chi connectivity index (χ1v) is 18.9. The van der Waals surface area contributed by atoms with Crippen molar-refractivity contribution >= 4 is 17.8 Å². The number of benzene rings is 1. The Morgan fingerprint density at radius 1 is 0.373 bits per heavy atom. The van der Waals surface area contributed by atoms with E-state index in [4.69, 9.17) is 56.8 Å². The molecule has 1 aromatic carbocycles. The molecule has 22 heteroatoms. The number of ether oxygens (including phenoxy) is 13. The van der Waals surface area contributed by atoms with Gasteiger partial charge in [0.2, 0.25) is 34.8 Å². The van der Waals surface area contributed by atoms with E-state index in [2.05, 4.69) is 4.74 Å². The van der Waals surface area contributed by atoms with Crippen molar-refractivity contribution in [3.63, 3.8) is 0 Å². The summed E-state index contributed by atoms with van der Waals surface area (Å²) in [5.74, 6) is -14.8. The second kappa shape index (κ2) is 34.5. The van der Waals surface area contributed by atoms with E-state index in [0.29, 0.717) is 126 Å². The molecule has 2 amide bonds. The number of esters is 1. The van der Waals surface area contributed by atoms with Gasteiger partial charge in [-0.2, -0.15) is 8.78 Å². The van der Waals surface area contributed by atoms with Crippen LogP contribution in [0.25, 0.3) is 0 Å². The lowest BCUT2D eigenvalue weighted by molar-refractivity contribution is -0.138. The molecule has 17 nitrogen and oxygen atoms in total. The van der Waals surface area contributed by atoms with Crippen molar-refractivity contribution in [3.8, 4) is 5.75 Å². The summed E-state index contributed by atoms with van der Waals surface area (Å²) in [5, 5.41) is 0. The molecular formula is C37H54F5NO16. The maximum atomic E-state index is 13.6. The van der Waals surface area contributed by atoms with Gasteiger partial charge in [0.05, 0.1) is 172 Å². The van der Waals surface area contributed by atoms with Gasteiger partial charge in [0.25, 0.3) is 11.8 Å². The molecule has 1 aliphatic heterocycles. The Hall–Kier alpha value is -3.26. The SMILES string of the molecule is O=C(CCOCCOCCOCCOCCOCCOCCOCCOCCOCCOCCOCCOCCN1C(=O)C=CC1=O)Oc1c(F)c(F)c(F)c(F)c1F. The van der Waals surface area contributed by atoms with Crippen LogP contribution in [0.2, 0.25) is 0 Å². The summed E-state index contributed by atoms with van der Waals surface area (Å²) in [6.45, 7) is 8.40. The minimum Gasteiger partial charge on any atom is -0.420 e. The average molecular weight is 864 g/mol. The highest BCUT2D eigenvalue weighted by Gasteiger charge is 2.28. The van der Waals surface area contributed by atoms with Gasteiger partial charge in [-0.1, -0.05) is 0 Å². The third kappa shape index (κ3) is 24.6. The van der Waals surface area contributed by atoms with Gasteiger partial charge < -0.3 is 61.6 Å². The number of hydrogen-bond donors (Lipinski definition) is 0. The van der Waals surface area contributed by atoms with Crippen LogP contribution >= 0.6 is 0 Å². The fourth-order valence-corrected chi connectivity index (χ4v) is 4.32. The summed E-state index contributed by atoms with van der Waals surface area (Å²) in [4.78, 5) is 35.6. The predicted molar refractivity (Wildman–Crippen MR) is 192 cm³/mol. The Balaban J connectivity index is 1.18. The number of rotatable bonds is 40. The molecule has 0 N–H and O–H groups in total. The second-order valence-corrected chi connectivity index (χ2v) is 11.6. The molecule has 59 heavy (non-hydrogen) atoms. The molecule has 0 fully saturated rings. The number of carbonyl (C=O) groups excluding carboxylic acids is 3. The van der Waals surface area contributed by atoms with Crippen LogP contribution in [-0.2, 0) is 71.2 Å². The Kier molecular flexibility index (Phi) is 30.3. The van der Waals surface area contributed by atoms with Crippen molar-refractivity contribution in [2.24, 2.45) is 0 Å². The second-order valence-electron chi connectivity index (χ2n) is 11.6. The Morgan fingerprint density at radius 3 is 0.898 bits per heavy atom. The van der Waals surface area contributed by atoms with Crippen molar-refractivity contribution < 1.29 is 97.9 Å². The van der Waals surface area contributed by atoms with Crippen LogP contribution in [0.3, 0.4) is 0 Å². The minimum absolute atomic E-state index is 0.0712. The molecule has 0 saturated heterocycles. The van der Waals surface area contributed by atoms with Gasteiger partial charge in [0.15, 0.2) is 0 Å². The van der Waals surface area contributed by atoms with Crippen molar-refractivity contribution in [2.75, 3.05) is 165 Å². The molecule has 0 radical (unpaired) electrons. The standard InChI is InChI=1S/C37H54F5NO16/c38-32-33(39)35(41)37(36(42)34(32)40)59-31(46)3-5-47-7-9-49-11-13-51-15-17-53-19-21-55-23-25-57-27-28-58-26-24-56-22-20-54-18-16-52-14-12-50-10-8-48-6-4-43-29(44)1-2-30(43)45/h1-2H,3-28H2. The maximum Gasteiger partial charge on any atom is 0.313 e. The van der Waals surface area contributed by atoms with Gasteiger partial charge in [-0.25, -0.2) is 13.2 Å². The van der Waals surface area contributed by atoms with Crippen molar-refractivity contribution in [3.05, 3.63) is 41.2 Å². The molecule has 0 spiro atoms. The number of imide groups is 1. The average Bonchev–Trinajstić information content (AvgIpc) is 3.55. The van der Waals surface area contributed by atoms with Crippen LogP contribution in [-0.4, -0.2) is 188 Å². The highest BCUT2D eigenvalue weighted by Crippen LogP contribution is 2.29. The number of amides is 2. The first kappa shape index (κ1) is 51.9. The number of nitrogens with zero attached hydrogens (tertiary/aromatic N) is 1. The van der Waals surface area contributed by atoms with Gasteiger partial charge in [-0.15, -0.1) is 0 Å². The third-order valence-corrected chi connectivity index (χ3v) is 7.29. The van der Waals surface area contributed by atoms with E-state index in [-0.39, 0.29) is 51.4 Å². The molecule has 0 unspecified atom stereocenters. The lowest BCUT2D eigenvalue weighted by atomic mass is 10.2. The minimum atomic E-state index is -2.35. The van der Waals surface area contributed by atoms with Crippen LogP contribution in [0.1, 0.15) is 6.42 Å². The highest BCUT2D eigenvalue weighted by molar-refractivity contribution is 6.12. The molecule has 338 valence electrons. The molecule has 0 aliphatic carbocycles. The van der Waals surface area contributed by atoms with E-state index in [0.717, 1.165) is 4.90 Å². The Labute approximate surface area is 339 Å². The number of hydrogen-bond acceptors (Lipinski definition) is 16. The summed E-state index contributed by atoms with van der Waals surface area (Å²) in [6, 6.07) is 0. The van der Waals surface area contributed by atoms with Gasteiger partial charge >= 0.3 is 5.97 Å². The molecule has 0 atom stereocenters. The molecule has 1 aromatic rings. The van der Waals surface area contributed by atoms with E-state index in [1.54, 1.807) is 0 Å². The largest absolute Gasteiger partial charge is 0.420 e. The summed E-state index contributed by atoms with van der Waals surface area (Å²) >= 11 is 0. The van der Waals surface area contributed by atoms with Gasteiger partial charge in [0, 0.05) is 12.2 Å². The fourth-order valence-electron chi connectivity index (χ4n) is 4.32. The lowest BCUT2D eigenvalue weighted by Gasteiger charge is -2.13. The van der Waals surface area contributed by atoms with E-state index < -0.39 is 47.2 Å². The molecule has 0 bridgehead atoms. The quantitative estimate of drug-likeness (QED) is 0.0178. The topological polar surface area (TPSA) is 174 Å². The van der Waals surface area contributed by atoms with Gasteiger partial charge in [-0.05, 0) is 0 Å². The van der Waals surface area contributed by atoms with Crippen LogP contribution < -0.4 is 4.74 Å². The van der Waals surface area contributed by atoms with Gasteiger partial charge in [-0.3, -0.25) is 19.3 Å². The zero-order valence-electron chi connectivity index (χ0n) is 32.9. The third-order valence-electron chi connectivity index (χ3n) is 7.29. The molecular weight excluding hydrogens is 809 g/mol. The lowest BCUT2D eigenvalue weighted by Crippen LogP contribution is -2.33. The normalized spacial score (nSPS) is 12.7. The fraction of sp³-hybridized carbons (Fsp3) is 0.703. The highest BCUT2D eigenvalue weighted by atomic mass is 19.2. The van der Waals surface area contributed by atoms with Gasteiger partial charge in [0.1, 0.15) is 0 Å². The monoisotopic (exact) mass is 863 g/mol. The van der Waals surface area contributed by atoms with E-state index in [1.807, 2.05) is 0 Å². The first-order chi connectivity index (χ1) is 28.7. The smallest absolute Gasteiger partial charge is 0.313 e. The van der Waals surface area contributed by atoms with Crippen molar-refractivity contribution in [1.82, 2.24) is 4.90 Å². The van der Waals surface area contributed by atoms with E-state index in [9.17, 15) is 36.3 Å². The summed E-state index contributed by atoms with van der Waals surface area (Å²) in [7, 11) is 0. The van der Waals surface area contributed by atoms with Crippen LogP contribution in [0, 0.1) is 29.1 Å². The molecule has 1 heterocycles. The predicted octanol–water partition coefficient (Wildman–Crippen LogP) is 1.80. The van der Waals surface area contributed by atoms with Crippen molar-refractivity contribution in [2.45, 2.75) is 6.42 Å². The zero-order valence-corrected chi connectivity index (χ0v) is 32.9. The summed E-state index contributed by atoms with van der Waals surface area (Å²) < 4.78 is 135. The molecule has 1 aliphatic rings. The number of carbonyl (C=O) groups is 3. The van der Waals surface area contributed by atoms with Crippen LogP contribution in [0.15, 0.2) is 12.2 Å². The summed E-state index contributed by atoms with van der Waals surface area (Å²) in [5.41, 5.74) is 0. The van der Waals surface area contributed by atoms with Crippen molar-refractivity contribution in [1.29, 1.82) is 0 Å². The van der Waals surface area contributed by atoms with E-state index >= 15 is 0 Å². The Morgan fingerprint density at radius 2 is 0.610 bits per heavy atom. The Bertz CT molecular complexity index is 1300. The molecule has 2 rings (SSSR count). The number of halogens is 5. The van der Waals surface area contributed by atoms with Crippen LogP contribution in [0.5, 0.6) is 5.75 Å². The first-order valence-electron chi connectivity index (χ1n) is 18.9. The molecule has 0 saturated carbocycles. The zero-order chi connectivity index (χ0) is 42.8. The molecule has 0 aromatic heterocycles. The van der Waals surface area contributed by atoms with E-state index in [1.165, 1.54) is 12.2 Å².